The molecule has 0 saturated heterocycles. The summed E-state index contributed by atoms with van der Waals surface area (Å²) in [5.74, 6) is 0. The van der Waals surface area contributed by atoms with Crippen LogP contribution in [0.2, 0.25) is 0 Å². The van der Waals surface area contributed by atoms with Gasteiger partial charge in [0, 0.05) is 11.6 Å². The molecule has 3 N–H and O–H groups in total. The van der Waals surface area contributed by atoms with E-state index in [1.807, 2.05) is 31.2 Å². The van der Waals surface area contributed by atoms with E-state index in [0.717, 1.165) is 42.1 Å². The molecule has 1 heterocycles. The molecule has 1 aromatic heterocycles. The number of aliphatic hydroxyl groups excluding tert-OH is 1. The summed E-state index contributed by atoms with van der Waals surface area (Å²) in [4.78, 5) is 16.6. The summed E-state index contributed by atoms with van der Waals surface area (Å²) < 4.78 is 0. The van der Waals surface area contributed by atoms with E-state index in [1.165, 1.54) is 0 Å². The second-order valence-electron chi connectivity index (χ2n) is 5.94. The van der Waals surface area contributed by atoms with Gasteiger partial charge in [-0.2, -0.15) is 0 Å². The SMILES string of the molecule is Cc1cc(NC(=O)NC2CCCCC2O)c2ncccc2c1. The number of anilines is 1. The molecule has 1 fully saturated rings. The lowest BCUT2D eigenvalue weighted by Crippen LogP contribution is -2.46. The quantitative estimate of drug-likeness (QED) is 0.798. The number of hydrogen-bond donors (Lipinski definition) is 3. The summed E-state index contributed by atoms with van der Waals surface area (Å²) in [6.07, 6.45) is 4.89. The first-order valence-electron chi connectivity index (χ1n) is 7.74. The maximum Gasteiger partial charge on any atom is 0.319 e. The summed E-state index contributed by atoms with van der Waals surface area (Å²) in [5, 5.41) is 16.7. The lowest BCUT2D eigenvalue weighted by Gasteiger charge is -2.28. The molecular formula is C17H21N3O2. The van der Waals surface area contributed by atoms with E-state index >= 15 is 0 Å². The van der Waals surface area contributed by atoms with Crippen molar-refractivity contribution < 1.29 is 9.90 Å². The van der Waals surface area contributed by atoms with Crippen LogP contribution in [0.15, 0.2) is 30.5 Å². The molecule has 2 amide bonds. The molecule has 1 aliphatic carbocycles. The lowest BCUT2D eigenvalue weighted by atomic mass is 9.93. The molecule has 0 aliphatic heterocycles. The van der Waals surface area contributed by atoms with E-state index in [1.54, 1.807) is 6.20 Å². The van der Waals surface area contributed by atoms with Crippen molar-refractivity contribution >= 4 is 22.6 Å². The predicted octanol–water partition coefficient (Wildman–Crippen LogP) is 2.97. The topological polar surface area (TPSA) is 74.2 Å². The van der Waals surface area contributed by atoms with Crippen molar-refractivity contribution in [2.45, 2.75) is 44.8 Å². The van der Waals surface area contributed by atoms with Crippen molar-refractivity contribution in [2.24, 2.45) is 0 Å². The highest BCUT2D eigenvalue weighted by Gasteiger charge is 2.24. The van der Waals surface area contributed by atoms with Gasteiger partial charge in [-0.05, 0) is 43.5 Å². The zero-order chi connectivity index (χ0) is 15.5. The van der Waals surface area contributed by atoms with Crippen LogP contribution in [0.25, 0.3) is 10.9 Å². The smallest absolute Gasteiger partial charge is 0.319 e. The van der Waals surface area contributed by atoms with Gasteiger partial charge in [0.25, 0.3) is 0 Å². The Labute approximate surface area is 129 Å². The van der Waals surface area contributed by atoms with Crippen LogP contribution in [0.5, 0.6) is 0 Å². The Hall–Kier alpha value is -2.14. The number of amides is 2. The Morgan fingerprint density at radius 1 is 1.32 bits per heavy atom. The number of urea groups is 1. The molecule has 22 heavy (non-hydrogen) atoms. The highest BCUT2D eigenvalue weighted by atomic mass is 16.3. The molecule has 1 saturated carbocycles. The average Bonchev–Trinajstić information content (AvgIpc) is 2.49. The second kappa shape index (κ2) is 6.32. The summed E-state index contributed by atoms with van der Waals surface area (Å²) >= 11 is 0. The normalized spacial score (nSPS) is 21.5. The second-order valence-corrected chi connectivity index (χ2v) is 5.94. The number of fused-ring (bicyclic) bond motifs is 1. The van der Waals surface area contributed by atoms with E-state index in [-0.39, 0.29) is 12.1 Å². The molecule has 0 spiro atoms. The molecule has 3 rings (SSSR count). The van der Waals surface area contributed by atoms with Crippen LogP contribution >= 0.6 is 0 Å². The maximum absolute atomic E-state index is 12.2. The minimum absolute atomic E-state index is 0.169. The van der Waals surface area contributed by atoms with Crippen molar-refractivity contribution in [1.82, 2.24) is 10.3 Å². The van der Waals surface area contributed by atoms with E-state index in [0.29, 0.717) is 5.69 Å². The molecule has 116 valence electrons. The first kappa shape index (κ1) is 14.8. The van der Waals surface area contributed by atoms with E-state index in [2.05, 4.69) is 15.6 Å². The minimum atomic E-state index is -0.452. The number of carbonyl (C=O) groups excluding carboxylic acids is 1. The first-order chi connectivity index (χ1) is 10.6. The van der Waals surface area contributed by atoms with Gasteiger partial charge in [-0.3, -0.25) is 4.98 Å². The van der Waals surface area contributed by atoms with Crippen molar-refractivity contribution in [3.05, 3.63) is 36.0 Å². The minimum Gasteiger partial charge on any atom is -0.391 e. The number of aliphatic hydroxyl groups is 1. The summed E-state index contributed by atoms with van der Waals surface area (Å²) in [7, 11) is 0. The number of hydrogen-bond acceptors (Lipinski definition) is 3. The molecule has 1 aliphatic rings. The molecule has 2 atom stereocenters. The van der Waals surface area contributed by atoms with Crippen LogP contribution in [0.4, 0.5) is 10.5 Å². The fourth-order valence-electron chi connectivity index (χ4n) is 3.04. The molecule has 0 radical (unpaired) electrons. The number of aromatic nitrogens is 1. The van der Waals surface area contributed by atoms with Gasteiger partial charge in [-0.1, -0.05) is 18.9 Å². The van der Waals surface area contributed by atoms with Gasteiger partial charge in [-0.25, -0.2) is 4.79 Å². The van der Waals surface area contributed by atoms with E-state index in [4.69, 9.17) is 0 Å². The van der Waals surface area contributed by atoms with Gasteiger partial charge in [0.15, 0.2) is 0 Å². The first-order valence-corrected chi connectivity index (χ1v) is 7.74. The van der Waals surface area contributed by atoms with E-state index < -0.39 is 6.10 Å². The van der Waals surface area contributed by atoms with Crippen LogP contribution < -0.4 is 10.6 Å². The summed E-state index contributed by atoms with van der Waals surface area (Å²) in [5.41, 5.74) is 2.53. The number of nitrogens with one attached hydrogen (secondary N) is 2. The predicted molar refractivity (Wildman–Crippen MR) is 86.9 cm³/mol. The van der Waals surface area contributed by atoms with Crippen molar-refractivity contribution in [2.75, 3.05) is 5.32 Å². The Morgan fingerprint density at radius 2 is 2.14 bits per heavy atom. The number of pyridine rings is 1. The van der Waals surface area contributed by atoms with Crippen molar-refractivity contribution in [3.63, 3.8) is 0 Å². The summed E-state index contributed by atoms with van der Waals surface area (Å²) in [6.45, 7) is 1.99. The third-order valence-electron chi connectivity index (χ3n) is 4.14. The van der Waals surface area contributed by atoms with Gasteiger partial charge in [0.2, 0.25) is 0 Å². The molecular weight excluding hydrogens is 278 g/mol. The van der Waals surface area contributed by atoms with Gasteiger partial charge in [0.05, 0.1) is 23.3 Å². The fourth-order valence-corrected chi connectivity index (χ4v) is 3.04. The Morgan fingerprint density at radius 3 is 2.95 bits per heavy atom. The molecule has 2 unspecified atom stereocenters. The summed E-state index contributed by atoms with van der Waals surface area (Å²) in [6, 6.07) is 7.34. The van der Waals surface area contributed by atoms with Crippen LogP contribution in [0.1, 0.15) is 31.2 Å². The Balaban J connectivity index is 1.76. The van der Waals surface area contributed by atoms with E-state index in [9.17, 15) is 9.90 Å². The zero-order valence-electron chi connectivity index (χ0n) is 12.7. The lowest BCUT2D eigenvalue weighted by molar-refractivity contribution is 0.0955. The highest BCUT2D eigenvalue weighted by Crippen LogP contribution is 2.23. The Kier molecular flexibility index (Phi) is 4.24. The largest absolute Gasteiger partial charge is 0.391 e. The van der Waals surface area contributed by atoms with Crippen LogP contribution in [-0.2, 0) is 0 Å². The van der Waals surface area contributed by atoms with Crippen molar-refractivity contribution in [3.8, 4) is 0 Å². The zero-order valence-corrected chi connectivity index (χ0v) is 12.7. The number of aryl methyl sites for hydroxylation is 1. The van der Waals surface area contributed by atoms with Crippen LogP contribution in [0, 0.1) is 6.92 Å². The van der Waals surface area contributed by atoms with Crippen LogP contribution in [-0.4, -0.2) is 28.3 Å². The van der Waals surface area contributed by atoms with Gasteiger partial charge in [0.1, 0.15) is 0 Å². The molecule has 0 bridgehead atoms. The third-order valence-corrected chi connectivity index (χ3v) is 4.14. The number of carbonyl (C=O) groups is 1. The molecule has 2 aromatic rings. The van der Waals surface area contributed by atoms with Gasteiger partial charge in [-0.15, -0.1) is 0 Å². The monoisotopic (exact) mass is 299 g/mol. The average molecular weight is 299 g/mol. The molecule has 5 nitrogen and oxygen atoms in total. The van der Waals surface area contributed by atoms with Crippen molar-refractivity contribution in [1.29, 1.82) is 0 Å². The van der Waals surface area contributed by atoms with Gasteiger partial charge >= 0.3 is 6.03 Å². The number of benzene rings is 1. The Bertz CT molecular complexity index is 687. The fraction of sp³-hybridized carbons (Fsp3) is 0.412. The number of rotatable bonds is 2. The number of nitrogens with zero attached hydrogens (tertiary/aromatic N) is 1. The molecule has 1 aromatic carbocycles. The third kappa shape index (κ3) is 3.20. The highest BCUT2D eigenvalue weighted by molar-refractivity contribution is 6.00. The maximum atomic E-state index is 12.2. The van der Waals surface area contributed by atoms with Gasteiger partial charge < -0.3 is 15.7 Å². The molecule has 5 heteroatoms. The standard InChI is InChI=1S/C17H21N3O2/c1-11-9-12-5-4-8-18-16(12)14(10-11)20-17(22)19-13-6-2-3-7-15(13)21/h4-5,8-10,13,15,21H,2-3,6-7H2,1H3,(H2,19,20,22). The van der Waals surface area contributed by atoms with Crippen LogP contribution in [0.3, 0.4) is 0 Å².